The zero-order chi connectivity index (χ0) is 18.1. The Labute approximate surface area is 160 Å². The smallest absolute Gasteiger partial charge is 0.255 e. The minimum Gasteiger partial charge on any atom is -0.493 e. The monoisotopic (exact) mass is 385 g/mol. The number of primary amides is 1. The average Bonchev–Trinajstić information content (AvgIpc) is 2.64. The number of carbonyl (C=O) groups is 2. The largest absolute Gasteiger partial charge is 0.493 e. The highest BCUT2D eigenvalue weighted by Crippen LogP contribution is 2.28. The van der Waals surface area contributed by atoms with Crippen molar-refractivity contribution in [3.05, 3.63) is 23.8 Å². The van der Waals surface area contributed by atoms with E-state index in [9.17, 15) is 9.59 Å². The first-order valence-corrected chi connectivity index (χ1v) is 8.64. The van der Waals surface area contributed by atoms with Crippen LogP contribution in [-0.2, 0) is 16.1 Å². The molecule has 1 aromatic rings. The topological polar surface area (TPSA) is 103 Å². The van der Waals surface area contributed by atoms with E-state index in [2.05, 4.69) is 10.6 Å². The van der Waals surface area contributed by atoms with Crippen molar-refractivity contribution in [2.24, 2.45) is 11.7 Å². The number of nitrogens with one attached hydrogen (secondary N) is 2. The van der Waals surface area contributed by atoms with Gasteiger partial charge in [0.15, 0.2) is 18.1 Å². The SMILES string of the molecule is COc1cc(CNC(=O)CCC2CCNCC2)ccc1OCC(N)=O.Cl. The van der Waals surface area contributed by atoms with Gasteiger partial charge in [-0.15, -0.1) is 12.4 Å². The molecule has 7 nitrogen and oxygen atoms in total. The molecule has 0 saturated carbocycles. The molecule has 1 saturated heterocycles. The molecule has 0 unspecified atom stereocenters. The van der Waals surface area contributed by atoms with Crippen LogP contribution in [0.3, 0.4) is 0 Å². The second-order valence-corrected chi connectivity index (χ2v) is 6.25. The Morgan fingerprint density at radius 1 is 1.27 bits per heavy atom. The molecular weight excluding hydrogens is 358 g/mol. The van der Waals surface area contributed by atoms with E-state index >= 15 is 0 Å². The Kier molecular flexibility index (Phi) is 9.83. The Morgan fingerprint density at radius 2 is 2.00 bits per heavy atom. The fourth-order valence-electron chi connectivity index (χ4n) is 2.88. The number of hydrogen-bond donors (Lipinski definition) is 3. The van der Waals surface area contributed by atoms with Crippen molar-refractivity contribution in [2.45, 2.75) is 32.2 Å². The van der Waals surface area contributed by atoms with Crippen LogP contribution in [0.15, 0.2) is 18.2 Å². The first-order valence-electron chi connectivity index (χ1n) is 8.64. The molecule has 0 aromatic heterocycles. The van der Waals surface area contributed by atoms with Crippen LogP contribution in [0.5, 0.6) is 11.5 Å². The fourth-order valence-corrected chi connectivity index (χ4v) is 2.88. The van der Waals surface area contributed by atoms with E-state index < -0.39 is 5.91 Å². The van der Waals surface area contributed by atoms with Crippen molar-refractivity contribution in [3.63, 3.8) is 0 Å². The van der Waals surface area contributed by atoms with Gasteiger partial charge in [-0.1, -0.05) is 6.07 Å². The highest BCUT2D eigenvalue weighted by Gasteiger charge is 2.14. The number of piperidine rings is 1. The van der Waals surface area contributed by atoms with E-state index in [4.69, 9.17) is 15.2 Å². The second kappa shape index (κ2) is 11.6. The quantitative estimate of drug-likeness (QED) is 0.596. The summed E-state index contributed by atoms with van der Waals surface area (Å²) in [6, 6.07) is 5.31. The first-order chi connectivity index (χ1) is 12.1. The minimum absolute atomic E-state index is 0. The number of nitrogens with two attached hydrogens (primary N) is 1. The van der Waals surface area contributed by atoms with Gasteiger partial charge in [0, 0.05) is 13.0 Å². The molecule has 0 atom stereocenters. The van der Waals surface area contributed by atoms with E-state index in [1.54, 1.807) is 12.1 Å². The Hall–Kier alpha value is -1.99. The van der Waals surface area contributed by atoms with Crippen LogP contribution < -0.4 is 25.8 Å². The maximum Gasteiger partial charge on any atom is 0.255 e. The van der Waals surface area contributed by atoms with Gasteiger partial charge in [-0.05, 0) is 56.0 Å². The maximum atomic E-state index is 12.0. The van der Waals surface area contributed by atoms with Crippen molar-refractivity contribution >= 4 is 24.2 Å². The number of halogens is 1. The summed E-state index contributed by atoms with van der Waals surface area (Å²) in [5.74, 6) is 1.11. The molecule has 2 rings (SSSR count). The lowest BCUT2D eigenvalue weighted by atomic mass is 9.93. The minimum atomic E-state index is -0.549. The zero-order valence-corrected chi connectivity index (χ0v) is 15.9. The first kappa shape index (κ1) is 22.1. The number of amides is 2. The van der Waals surface area contributed by atoms with Crippen LogP contribution in [0.1, 0.15) is 31.2 Å². The van der Waals surface area contributed by atoms with Crippen LogP contribution in [0.2, 0.25) is 0 Å². The Bertz CT molecular complexity index is 592. The molecule has 8 heteroatoms. The molecule has 2 amide bonds. The van der Waals surface area contributed by atoms with Crippen molar-refractivity contribution in [2.75, 3.05) is 26.8 Å². The van der Waals surface area contributed by atoms with Crippen LogP contribution in [0, 0.1) is 5.92 Å². The third-order valence-corrected chi connectivity index (χ3v) is 4.33. The second-order valence-electron chi connectivity index (χ2n) is 6.25. The highest BCUT2D eigenvalue weighted by molar-refractivity contribution is 5.85. The molecule has 1 aliphatic heterocycles. The number of carbonyl (C=O) groups excluding carboxylic acids is 2. The lowest BCUT2D eigenvalue weighted by molar-refractivity contribution is -0.121. The van der Waals surface area contributed by atoms with Gasteiger partial charge >= 0.3 is 0 Å². The summed E-state index contributed by atoms with van der Waals surface area (Å²) in [6.07, 6.45) is 3.80. The standard InChI is InChI=1S/C18H27N3O4.ClH/c1-24-16-10-14(2-4-15(16)25-12-17(19)22)11-21-18(23)5-3-13-6-8-20-9-7-13;/h2,4,10,13,20H,3,5-9,11-12H2,1H3,(H2,19,22)(H,21,23);1H. The maximum absolute atomic E-state index is 12.0. The third-order valence-electron chi connectivity index (χ3n) is 4.33. The van der Waals surface area contributed by atoms with E-state index in [1.807, 2.05) is 6.07 Å². The van der Waals surface area contributed by atoms with E-state index in [0.717, 1.165) is 37.9 Å². The van der Waals surface area contributed by atoms with Crippen molar-refractivity contribution in [1.82, 2.24) is 10.6 Å². The number of ether oxygens (including phenoxy) is 2. The van der Waals surface area contributed by atoms with E-state index in [1.165, 1.54) is 7.11 Å². The van der Waals surface area contributed by atoms with E-state index in [-0.39, 0.29) is 24.9 Å². The van der Waals surface area contributed by atoms with Crippen molar-refractivity contribution in [3.8, 4) is 11.5 Å². The molecule has 0 radical (unpaired) electrons. The van der Waals surface area contributed by atoms with Gasteiger partial charge in [-0.3, -0.25) is 9.59 Å². The average molecular weight is 386 g/mol. The molecule has 0 aliphatic carbocycles. The molecule has 0 spiro atoms. The summed E-state index contributed by atoms with van der Waals surface area (Å²) >= 11 is 0. The summed E-state index contributed by atoms with van der Waals surface area (Å²) in [4.78, 5) is 22.8. The number of rotatable bonds is 9. The molecular formula is C18H28ClN3O4. The van der Waals surface area contributed by atoms with Crippen LogP contribution in [0.4, 0.5) is 0 Å². The lowest BCUT2D eigenvalue weighted by Gasteiger charge is -2.22. The van der Waals surface area contributed by atoms with Crippen LogP contribution >= 0.6 is 12.4 Å². The lowest BCUT2D eigenvalue weighted by Crippen LogP contribution is -2.29. The fraction of sp³-hybridized carbons (Fsp3) is 0.556. The van der Waals surface area contributed by atoms with E-state index in [0.29, 0.717) is 30.4 Å². The van der Waals surface area contributed by atoms with Gasteiger partial charge in [0.25, 0.3) is 5.91 Å². The molecule has 1 heterocycles. The zero-order valence-electron chi connectivity index (χ0n) is 15.1. The molecule has 4 N–H and O–H groups in total. The third kappa shape index (κ3) is 7.49. The molecule has 1 aromatic carbocycles. The number of methoxy groups -OCH3 is 1. The number of hydrogen-bond acceptors (Lipinski definition) is 5. The predicted octanol–water partition coefficient (Wildman–Crippen LogP) is 1.38. The molecule has 1 fully saturated rings. The summed E-state index contributed by atoms with van der Waals surface area (Å²) < 4.78 is 10.5. The summed E-state index contributed by atoms with van der Waals surface area (Å²) in [7, 11) is 1.52. The summed E-state index contributed by atoms with van der Waals surface area (Å²) in [5, 5.41) is 6.27. The van der Waals surface area contributed by atoms with Crippen LogP contribution in [-0.4, -0.2) is 38.6 Å². The Balaban J connectivity index is 0.00000338. The predicted molar refractivity (Wildman–Crippen MR) is 102 cm³/mol. The summed E-state index contributed by atoms with van der Waals surface area (Å²) in [6.45, 7) is 2.33. The molecule has 0 bridgehead atoms. The van der Waals surface area contributed by atoms with Crippen LogP contribution in [0.25, 0.3) is 0 Å². The highest BCUT2D eigenvalue weighted by atomic mass is 35.5. The van der Waals surface area contributed by atoms with Gasteiger partial charge in [0.1, 0.15) is 0 Å². The van der Waals surface area contributed by atoms with Gasteiger partial charge < -0.3 is 25.8 Å². The molecule has 1 aliphatic rings. The van der Waals surface area contributed by atoms with Gasteiger partial charge in [0.05, 0.1) is 7.11 Å². The molecule has 146 valence electrons. The van der Waals surface area contributed by atoms with Gasteiger partial charge in [-0.25, -0.2) is 0 Å². The normalized spacial score (nSPS) is 14.2. The summed E-state index contributed by atoms with van der Waals surface area (Å²) in [5.41, 5.74) is 5.97. The van der Waals surface area contributed by atoms with Gasteiger partial charge in [0.2, 0.25) is 5.91 Å². The Morgan fingerprint density at radius 3 is 2.65 bits per heavy atom. The van der Waals surface area contributed by atoms with Crippen molar-refractivity contribution in [1.29, 1.82) is 0 Å². The molecule has 26 heavy (non-hydrogen) atoms. The van der Waals surface area contributed by atoms with Crippen molar-refractivity contribution < 1.29 is 19.1 Å². The number of benzene rings is 1. The van der Waals surface area contributed by atoms with Gasteiger partial charge in [-0.2, -0.15) is 0 Å².